The Hall–Kier alpha value is -2.68. The molecule has 18 heavy (non-hydrogen) atoms. The maximum atomic E-state index is 13.5. The van der Waals surface area contributed by atoms with Gasteiger partial charge in [-0.1, -0.05) is 0 Å². The Morgan fingerprint density at radius 2 is 2.17 bits per heavy atom. The zero-order valence-corrected chi connectivity index (χ0v) is 9.30. The number of halogens is 1. The second kappa shape index (κ2) is 4.67. The van der Waals surface area contributed by atoms with E-state index < -0.39 is 5.82 Å². The molecule has 5 nitrogen and oxygen atoms in total. The number of nitriles is 1. The Morgan fingerprint density at radius 1 is 1.39 bits per heavy atom. The van der Waals surface area contributed by atoms with Gasteiger partial charge in [0, 0.05) is 11.6 Å². The van der Waals surface area contributed by atoms with Crippen LogP contribution in [0.1, 0.15) is 11.1 Å². The number of hydrogen-bond acceptors (Lipinski definition) is 4. The molecule has 0 aliphatic rings. The van der Waals surface area contributed by atoms with Crippen LogP contribution in [0.25, 0.3) is 0 Å². The Kier molecular flexibility index (Phi) is 3.06. The van der Waals surface area contributed by atoms with Gasteiger partial charge in [0.2, 0.25) is 0 Å². The zero-order valence-electron chi connectivity index (χ0n) is 9.30. The second-order valence-corrected chi connectivity index (χ2v) is 3.67. The molecule has 2 rings (SSSR count). The highest BCUT2D eigenvalue weighted by Crippen LogP contribution is 2.10. The van der Waals surface area contributed by atoms with Gasteiger partial charge in [0.15, 0.2) is 0 Å². The highest BCUT2D eigenvalue weighted by Gasteiger charge is 2.06. The molecule has 6 heteroatoms. The van der Waals surface area contributed by atoms with E-state index in [9.17, 15) is 9.18 Å². The summed E-state index contributed by atoms with van der Waals surface area (Å²) >= 11 is 0. The van der Waals surface area contributed by atoms with Crippen LogP contribution in [0.3, 0.4) is 0 Å². The van der Waals surface area contributed by atoms with E-state index >= 15 is 0 Å². The van der Waals surface area contributed by atoms with Crippen molar-refractivity contribution in [2.45, 2.75) is 6.54 Å². The molecule has 1 heterocycles. The quantitative estimate of drug-likeness (QED) is 0.849. The summed E-state index contributed by atoms with van der Waals surface area (Å²) < 4.78 is 14.6. The van der Waals surface area contributed by atoms with Crippen LogP contribution in [0.5, 0.6) is 0 Å². The third-order valence-corrected chi connectivity index (χ3v) is 2.38. The molecule has 0 spiro atoms. The molecule has 0 saturated heterocycles. The first-order valence-corrected chi connectivity index (χ1v) is 5.12. The number of anilines is 1. The predicted octanol–water partition coefficient (Wildman–Crippen LogP) is 0.885. The van der Waals surface area contributed by atoms with Gasteiger partial charge < -0.3 is 5.73 Å². The minimum atomic E-state index is -0.495. The summed E-state index contributed by atoms with van der Waals surface area (Å²) in [5, 5.41) is 12.5. The number of hydrogen-bond donors (Lipinski definition) is 1. The minimum absolute atomic E-state index is 0.0643. The van der Waals surface area contributed by atoms with E-state index in [2.05, 4.69) is 5.10 Å². The van der Waals surface area contributed by atoms with Crippen LogP contribution >= 0.6 is 0 Å². The summed E-state index contributed by atoms with van der Waals surface area (Å²) in [4.78, 5) is 11.5. The third-order valence-electron chi connectivity index (χ3n) is 2.38. The molecular weight excluding hydrogens is 235 g/mol. The van der Waals surface area contributed by atoms with Gasteiger partial charge in [-0.2, -0.15) is 10.4 Å². The van der Waals surface area contributed by atoms with Crippen molar-refractivity contribution in [2.24, 2.45) is 0 Å². The SMILES string of the molecule is N#Cc1ccc(F)c(Cn2nc(N)ccc2=O)c1. The average Bonchev–Trinajstić information content (AvgIpc) is 2.36. The van der Waals surface area contributed by atoms with Crippen molar-refractivity contribution in [1.82, 2.24) is 9.78 Å². The standard InChI is InChI=1S/C12H9FN4O/c13-10-2-1-8(6-14)5-9(10)7-17-12(18)4-3-11(15)16-17/h1-5H,7H2,(H2,15,16). The molecule has 0 aliphatic heterocycles. The molecule has 0 aliphatic carbocycles. The molecule has 0 bridgehead atoms. The van der Waals surface area contributed by atoms with Gasteiger partial charge in [0.1, 0.15) is 11.6 Å². The maximum Gasteiger partial charge on any atom is 0.267 e. The maximum absolute atomic E-state index is 13.5. The first-order valence-electron chi connectivity index (χ1n) is 5.12. The van der Waals surface area contributed by atoms with Gasteiger partial charge in [-0.15, -0.1) is 0 Å². The summed E-state index contributed by atoms with van der Waals surface area (Å²) in [5.41, 5.74) is 5.61. The number of aromatic nitrogens is 2. The average molecular weight is 244 g/mol. The van der Waals surface area contributed by atoms with E-state index in [0.717, 1.165) is 4.68 Å². The van der Waals surface area contributed by atoms with E-state index in [-0.39, 0.29) is 23.5 Å². The Morgan fingerprint density at radius 3 is 2.89 bits per heavy atom. The molecule has 0 amide bonds. The van der Waals surface area contributed by atoms with E-state index in [1.807, 2.05) is 6.07 Å². The predicted molar refractivity (Wildman–Crippen MR) is 63.1 cm³/mol. The highest BCUT2D eigenvalue weighted by molar-refractivity contribution is 5.34. The van der Waals surface area contributed by atoms with Crippen molar-refractivity contribution in [1.29, 1.82) is 5.26 Å². The fourth-order valence-electron chi connectivity index (χ4n) is 1.50. The molecule has 2 aromatic rings. The lowest BCUT2D eigenvalue weighted by Crippen LogP contribution is -2.23. The van der Waals surface area contributed by atoms with E-state index in [0.29, 0.717) is 5.56 Å². The van der Waals surface area contributed by atoms with Crippen molar-refractivity contribution in [2.75, 3.05) is 5.73 Å². The normalized spacial score (nSPS) is 10.0. The first kappa shape index (κ1) is 11.8. The minimum Gasteiger partial charge on any atom is -0.382 e. The molecular formula is C12H9FN4O. The van der Waals surface area contributed by atoms with Crippen LogP contribution in [0, 0.1) is 17.1 Å². The lowest BCUT2D eigenvalue weighted by atomic mass is 10.1. The molecule has 90 valence electrons. The molecule has 0 fully saturated rings. The van der Waals surface area contributed by atoms with Gasteiger partial charge in [-0.05, 0) is 24.3 Å². The van der Waals surface area contributed by atoms with Crippen molar-refractivity contribution in [3.63, 3.8) is 0 Å². The fraction of sp³-hybridized carbons (Fsp3) is 0.0833. The molecule has 1 aromatic carbocycles. The number of nitrogens with two attached hydrogens (primary N) is 1. The topological polar surface area (TPSA) is 84.7 Å². The van der Waals surface area contributed by atoms with Crippen molar-refractivity contribution < 1.29 is 4.39 Å². The summed E-state index contributed by atoms with van der Waals surface area (Å²) in [7, 11) is 0. The number of nitrogens with zero attached hydrogens (tertiary/aromatic N) is 3. The highest BCUT2D eigenvalue weighted by atomic mass is 19.1. The first-order chi connectivity index (χ1) is 8.60. The second-order valence-electron chi connectivity index (χ2n) is 3.67. The van der Waals surface area contributed by atoms with Crippen LogP contribution in [0.15, 0.2) is 35.1 Å². The van der Waals surface area contributed by atoms with E-state index in [1.54, 1.807) is 0 Å². The monoisotopic (exact) mass is 244 g/mol. The van der Waals surface area contributed by atoms with Gasteiger partial charge in [-0.25, -0.2) is 9.07 Å². The lowest BCUT2D eigenvalue weighted by molar-refractivity contribution is 0.573. The van der Waals surface area contributed by atoms with Crippen LogP contribution in [0.2, 0.25) is 0 Å². The van der Waals surface area contributed by atoms with Gasteiger partial charge in [-0.3, -0.25) is 4.79 Å². The number of benzene rings is 1. The van der Waals surface area contributed by atoms with Crippen LogP contribution in [0.4, 0.5) is 10.2 Å². The Labute approximate surface area is 102 Å². The molecule has 0 radical (unpaired) electrons. The van der Waals surface area contributed by atoms with Crippen LogP contribution in [-0.2, 0) is 6.54 Å². The number of rotatable bonds is 2. The lowest BCUT2D eigenvalue weighted by Gasteiger charge is -2.06. The van der Waals surface area contributed by atoms with Gasteiger partial charge >= 0.3 is 0 Å². The van der Waals surface area contributed by atoms with E-state index in [1.165, 1.54) is 30.3 Å². The zero-order chi connectivity index (χ0) is 13.1. The third kappa shape index (κ3) is 2.35. The molecule has 0 saturated carbocycles. The Balaban J connectivity index is 2.43. The van der Waals surface area contributed by atoms with Crippen molar-refractivity contribution in [3.8, 4) is 6.07 Å². The molecule has 0 atom stereocenters. The largest absolute Gasteiger partial charge is 0.382 e. The summed E-state index contributed by atoms with van der Waals surface area (Å²) in [6.45, 7) is -0.0643. The van der Waals surface area contributed by atoms with Gasteiger partial charge in [0.25, 0.3) is 5.56 Å². The van der Waals surface area contributed by atoms with Crippen molar-refractivity contribution >= 4 is 5.82 Å². The Bertz CT molecular complexity index is 687. The molecule has 0 unspecified atom stereocenters. The van der Waals surface area contributed by atoms with Crippen LogP contribution in [-0.4, -0.2) is 9.78 Å². The fourth-order valence-corrected chi connectivity index (χ4v) is 1.50. The molecule has 1 aromatic heterocycles. The smallest absolute Gasteiger partial charge is 0.267 e. The van der Waals surface area contributed by atoms with Crippen LogP contribution < -0.4 is 11.3 Å². The van der Waals surface area contributed by atoms with Gasteiger partial charge in [0.05, 0.1) is 18.2 Å². The van der Waals surface area contributed by atoms with E-state index in [4.69, 9.17) is 11.0 Å². The summed E-state index contributed by atoms with van der Waals surface area (Å²) in [5.74, 6) is -0.323. The summed E-state index contributed by atoms with van der Waals surface area (Å²) in [6, 6.07) is 8.48. The molecule has 2 N–H and O–H groups in total. The summed E-state index contributed by atoms with van der Waals surface area (Å²) in [6.07, 6.45) is 0. The van der Waals surface area contributed by atoms with Crippen molar-refractivity contribution in [3.05, 3.63) is 57.6 Å². The number of nitrogen functional groups attached to an aromatic ring is 1.